The van der Waals surface area contributed by atoms with Crippen molar-refractivity contribution in [2.45, 2.75) is 50.3 Å². The molecule has 2 heterocycles. The maximum absolute atomic E-state index is 12.7. The van der Waals surface area contributed by atoms with Gasteiger partial charge in [0.1, 0.15) is 0 Å². The molecule has 1 aliphatic heterocycles. The summed E-state index contributed by atoms with van der Waals surface area (Å²) >= 11 is 0. The SMILES string of the molecule is Cc1cccc(=O)n1CCC(=O)N1CCC2(CC1)c1ccccc1[C@@H](N)[C@@H]2O. The number of benzene rings is 1. The van der Waals surface area contributed by atoms with E-state index >= 15 is 0 Å². The second-order valence-electron chi connectivity index (χ2n) is 8.00. The van der Waals surface area contributed by atoms with Gasteiger partial charge in [0.2, 0.25) is 5.91 Å². The third kappa shape index (κ3) is 2.97. The van der Waals surface area contributed by atoms with Gasteiger partial charge in [0, 0.05) is 43.2 Å². The van der Waals surface area contributed by atoms with Crippen LogP contribution in [-0.4, -0.2) is 39.7 Å². The lowest BCUT2D eigenvalue weighted by Gasteiger charge is -2.42. The zero-order valence-electron chi connectivity index (χ0n) is 16.2. The fourth-order valence-electron chi connectivity index (χ4n) is 4.91. The van der Waals surface area contributed by atoms with Crippen molar-refractivity contribution >= 4 is 5.91 Å². The number of pyridine rings is 1. The van der Waals surface area contributed by atoms with Gasteiger partial charge in [0.05, 0.1) is 12.1 Å². The van der Waals surface area contributed by atoms with Crippen LogP contribution >= 0.6 is 0 Å². The Morgan fingerprint density at radius 2 is 1.89 bits per heavy atom. The molecule has 2 atom stereocenters. The lowest BCUT2D eigenvalue weighted by Crippen LogP contribution is -2.50. The van der Waals surface area contributed by atoms with Gasteiger partial charge in [-0.3, -0.25) is 9.59 Å². The highest BCUT2D eigenvalue weighted by Gasteiger charge is 2.51. The minimum Gasteiger partial charge on any atom is -0.390 e. The highest BCUT2D eigenvalue weighted by Crippen LogP contribution is 2.49. The van der Waals surface area contributed by atoms with E-state index in [4.69, 9.17) is 5.73 Å². The monoisotopic (exact) mass is 381 g/mol. The topological polar surface area (TPSA) is 88.6 Å². The first-order valence-corrected chi connectivity index (χ1v) is 9.91. The van der Waals surface area contributed by atoms with Gasteiger partial charge < -0.3 is 20.3 Å². The molecule has 2 aliphatic rings. The summed E-state index contributed by atoms with van der Waals surface area (Å²) < 4.78 is 1.64. The van der Waals surface area contributed by atoms with Crippen molar-refractivity contribution in [3.05, 3.63) is 69.6 Å². The number of aliphatic hydroxyl groups is 1. The Labute approximate surface area is 164 Å². The average Bonchev–Trinajstić information content (AvgIpc) is 2.91. The van der Waals surface area contributed by atoms with Crippen molar-refractivity contribution in [1.29, 1.82) is 0 Å². The van der Waals surface area contributed by atoms with Crippen LogP contribution < -0.4 is 11.3 Å². The van der Waals surface area contributed by atoms with Gasteiger partial charge in [-0.25, -0.2) is 0 Å². The Balaban J connectivity index is 1.43. The number of nitrogens with zero attached hydrogens (tertiary/aromatic N) is 2. The van der Waals surface area contributed by atoms with Gasteiger partial charge in [-0.1, -0.05) is 30.3 Å². The number of aromatic nitrogens is 1. The second kappa shape index (κ2) is 7.18. The molecule has 148 valence electrons. The number of aliphatic hydroxyl groups excluding tert-OH is 1. The zero-order valence-corrected chi connectivity index (χ0v) is 16.2. The summed E-state index contributed by atoms with van der Waals surface area (Å²) in [4.78, 5) is 26.5. The minimum atomic E-state index is -0.618. The first-order chi connectivity index (χ1) is 13.4. The first kappa shape index (κ1) is 18.9. The summed E-state index contributed by atoms with van der Waals surface area (Å²) in [5, 5.41) is 10.9. The van der Waals surface area contributed by atoms with E-state index in [1.807, 2.05) is 36.1 Å². The Hall–Kier alpha value is -2.44. The maximum atomic E-state index is 12.7. The molecule has 1 saturated heterocycles. The maximum Gasteiger partial charge on any atom is 0.250 e. The smallest absolute Gasteiger partial charge is 0.250 e. The fraction of sp³-hybridized carbons (Fsp3) is 0.455. The number of hydrogen-bond acceptors (Lipinski definition) is 4. The van der Waals surface area contributed by atoms with E-state index in [0.717, 1.165) is 16.8 Å². The van der Waals surface area contributed by atoms with Gasteiger partial charge >= 0.3 is 0 Å². The zero-order chi connectivity index (χ0) is 19.9. The molecular weight excluding hydrogens is 354 g/mol. The number of piperidine rings is 1. The largest absolute Gasteiger partial charge is 0.390 e. The van der Waals surface area contributed by atoms with Crippen molar-refractivity contribution < 1.29 is 9.90 Å². The second-order valence-corrected chi connectivity index (χ2v) is 8.00. The van der Waals surface area contributed by atoms with E-state index in [-0.39, 0.29) is 22.9 Å². The van der Waals surface area contributed by atoms with Gasteiger partial charge in [0.25, 0.3) is 5.56 Å². The first-order valence-electron chi connectivity index (χ1n) is 9.91. The molecule has 1 fully saturated rings. The molecule has 0 unspecified atom stereocenters. The van der Waals surface area contributed by atoms with Gasteiger partial charge in [-0.2, -0.15) is 0 Å². The normalized spacial score (nSPS) is 23.0. The molecule has 4 rings (SSSR count). The Kier molecular flexibility index (Phi) is 4.85. The van der Waals surface area contributed by atoms with E-state index < -0.39 is 6.10 Å². The Morgan fingerprint density at radius 1 is 1.18 bits per heavy atom. The standard InChI is InChI=1S/C22H27N3O3/c1-15-5-4-8-19(27)25(15)12-9-18(26)24-13-10-22(11-14-24)17-7-3-2-6-16(17)20(23)21(22)28/h2-8,20-21,28H,9-14,23H2,1H3/t20-,21+/m1/s1. The summed E-state index contributed by atoms with van der Waals surface area (Å²) in [7, 11) is 0. The third-order valence-corrected chi connectivity index (χ3v) is 6.59. The van der Waals surface area contributed by atoms with Crippen LogP contribution in [0.25, 0.3) is 0 Å². The van der Waals surface area contributed by atoms with E-state index in [1.54, 1.807) is 10.6 Å². The number of hydrogen-bond donors (Lipinski definition) is 2. The molecule has 28 heavy (non-hydrogen) atoms. The third-order valence-electron chi connectivity index (χ3n) is 6.59. The molecule has 0 bridgehead atoms. The molecule has 6 heteroatoms. The molecule has 1 spiro atoms. The van der Waals surface area contributed by atoms with E-state index in [1.165, 1.54) is 6.07 Å². The lowest BCUT2D eigenvalue weighted by atomic mass is 9.72. The van der Waals surface area contributed by atoms with Crippen LogP contribution in [-0.2, 0) is 16.8 Å². The average molecular weight is 381 g/mol. The summed E-state index contributed by atoms with van der Waals surface area (Å²) in [5.74, 6) is 0.0510. The van der Waals surface area contributed by atoms with Gasteiger partial charge in [-0.05, 0) is 37.0 Å². The fourth-order valence-corrected chi connectivity index (χ4v) is 4.91. The molecular formula is C22H27N3O3. The molecule has 0 radical (unpaired) electrons. The van der Waals surface area contributed by atoms with E-state index in [2.05, 4.69) is 6.07 Å². The minimum absolute atomic E-state index is 0.0510. The molecule has 0 saturated carbocycles. The van der Waals surface area contributed by atoms with Crippen molar-refractivity contribution in [1.82, 2.24) is 9.47 Å². The molecule has 1 aromatic carbocycles. The summed E-state index contributed by atoms with van der Waals surface area (Å²) in [5.41, 5.74) is 8.84. The van der Waals surface area contributed by atoms with Crippen LogP contribution in [0, 0.1) is 6.92 Å². The highest BCUT2D eigenvalue weighted by atomic mass is 16.3. The molecule has 6 nitrogen and oxygen atoms in total. The molecule has 2 aromatic rings. The van der Waals surface area contributed by atoms with Gasteiger partial charge in [-0.15, -0.1) is 0 Å². The number of nitrogens with two attached hydrogens (primary N) is 1. The quantitative estimate of drug-likeness (QED) is 0.843. The van der Waals surface area contributed by atoms with Crippen molar-refractivity contribution in [2.75, 3.05) is 13.1 Å². The molecule has 1 amide bonds. The summed E-state index contributed by atoms with van der Waals surface area (Å²) in [6.07, 6.45) is 1.09. The number of carbonyl (C=O) groups excluding carboxylic acids is 1. The Morgan fingerprint density at radius 3 is 2.61 bits per heavy atom. The van der Waals surface area contributed by atoms with Crippen LogP contribution in [0.5, 0.6) is 0 Å². The number of fused-ring (bicyclic) bond motifs is 2. The van der Waals surface area contributed by atoms with Crippen LogP contribution in [0.15, 0.2) is 47.3 Å². The number of carbonyl (C=O) groups is 1. The Bertz CT molecular complexity index is 944. The van der Waals surface area contributed by atoms with E-state index in [0.29, 0.717) is 38.9 Å². The molecule has 3 N–H and O–H groups in total. The van der Waals surface area contributed by atoms with Crippen LogP contribution in [0.4, 0.5) is 0 Å². The predicted molar refractivity (Wildman–Crippen MR) is 107 cm³/mol. The van der Waals surface area contributed by atoms with Crippen molar-refractivity contribution in [3.8, 4) is 0 Å². The van der Waals surface area contributed by atoms with Crippen LogP contribution in [0.1, 0.15) is 42.1 Å². The molecule has 1 aliphatic carbocycles. The number of likely N-dealkylation sites (tertiary alicyclic amines) is 1. The number of aryl methyl sites for hydroxylation is 1. The highest BCUT2D eigenvalue weighted by molar-refractivity contribution is 5.76. The van der Waals surface area contributed by atoms with Crippen molar-refractivity contribution in [2.24, 2.45) is 5.73 Å². The van der Waals surface area contributed by atoms with Gasteiger partial charge in [0.15, 0.2) is 0 Å². The molecule has 1 aromatic heterocycles. The predicted octanol–water partition coefficient (Wildman–Crippen LogP) is 1.48. The lowest BCUT2D eigenvalue weighted by molar-refractivity contribution is -0.133. The van der Waals surface area contributed by atoms with E-state index in [9.17, 15) is 14.7 Å². The summed E-state index contributed by atoms with van der Waals surface area (Å²) in [6, 6.07) is 12.8. The number of rotatable bonds is 3. The number of amides is 1. The van der Waals surface area contributed by atoms with Crippen LogP contribution in [0.3, 0.4) is 0 Å². The van der Waals surface area contributed by atoms with Crippen LogP contribution in [0.2, 0.25) is 0 Å². The van der Waals surface area contributed by atoms with Crippen molar-refractivity contribution in [3.63, 3.8) is 0 Å². The summed E-state index contributed by atoms with van der Waals surface area (Å²) in [6.45, 7) is 3.46.